The molecule has 0 aliphatic carbocycles. The van der Waals surface area contributed by atoms with Gasteiger partial charge in [0, 0.05) is 25.7 Å². The number of carbonyl (C=O) groups is 4. The fourth-order valence-electron chi connectivity index (χ4n) is 9.96. The molecule has 0 bridgehead atoms. The number of allylic oxidation sites excluding steroid dienone is 12. The van der Waals surface area contributed by atoms with E-state index < -0.39 is 97.5 Å². The van der Waals surface area contributed by atoms with E-state index in [1.807, 2.05) is 0 Å². The molecular formula is C75H134O17P2. The predicted octanol–water partition coefficient (Wildman–Crippen LogP) is 20.9. The van der Waals surface area contributed by atoms with Gasteiger partial charge in [0.25, 0.3) is 0 Å². The molecule has 19 heteroatoms. The van der Waals surface area contributed by atoms with Crippen LogP contribution in [0, 0.1) is 0 Å². The predicted molar refractivity (Wildman–Crippen MR) is 381 cm³/mol. The molecule has 5 unspecified atom stereocenters. The molecule has 0 aliphatic rings. The number of unbranched alkanes of at least 4 members (excludes halogenated alkanes) is 32. The van der Waals surface area contributed by atoms with Gasteiger partial charge >= 0.3 is 39.5 Å². The van der Waals surface area contributed by atoms with Crippen molar-refractivity contribution >= 4 is 39.5 Å². The topological polar surface area (TPSA) is 237 Å². The van der Waals surface area contributed by atoms with Crippen molar-refractivity contribution in [3.63, 3.8) is 0 Å². The fraction of sp³-hybridized carbons (Fsp3) is 0.787. The van der Waals surface area contributed by atoms with Crippen LogP contribution in [-0.4, -0.2) is 96.7 Å². The first kappa shape index (κ1) is 90.5. The molecule has 0 fully saturated rings. The normalized spacial score (nSPS) is 14.4. The second-order valence-electron chi connectivity index (χ2n) is 24.9. The Morgan fingerprint density at radius 3 is 0.936 bits per heavy atom. The van der Waals surface area contributed by atoms with Gasteiger partial charge in [0.2, 0.25) is 0 Å². The molecule has 94 heavy (non-hydrogen) atoms. The van der Waals surface area contributed by atoms with Crippen LogP contribution < -0.4 is 0 Å². The molecule has 0 radical (unpaired) electrons. The Bertz CT molecular complexity index is 2070. The number of aliphatic hydroxyl groups excluding tert-OH is 1. The van der Waals surface area contributed by atoms with Crippen molar-refractivity contribution in [1.29, 1.82) is 0 Å². The largest absolute Gasteiger partial charge is 0.472 e. The number of hydrogen-bond donors (Lipinski definition) is 3. The van der Waals surface area contributed by atoms with Gasteiger partial charge in [0.1, 0.15) is 19.3 Å². The zero-order chi connectivity index (χ0) is 69.0. The molecule has 17 nitrogen and oxygen atoms in total. The number of carbonyl (C=O) groups excluding carboxylic acids is 4. The van der Waals surface area contributed by atoms with Crippen LogP contribution in [0.25, 0.3) is 0 Å². The summed E-state index contributed by atoms with van der Waals surface area (Å²) in [6.07, 6.45) is 66.2. The van der Waals surface area contributed by atoms with Crippen LogP contribution >= 0.6 is 15.6 Å². The van der Waals surface area contributed by atoms with E-state index in [2.05, 4.69) is 101 Å². The summed E-state index contributed by atoms with van der Waals surface area (Å²) in [5.41, 5.74) is 0. The van der Waals surface area contributed by atoms with Gasteiger partial charge < -0.3 is 33.8 Å². The van der Waals surface area contributed by atoms with Gasteiger partial charge in [-0.2, -0.15) is 0 Å². The fourth-order valence-corrected chi connectivity index (χ4v) is 11.5. The Kier molecular flexibility index (Phi) is 65.5. The maximum atomic E-state index is 13.0. The van der Waals surface area contributed by atoms with E-state index in [-0.39, 0.29) is 25.7 Å². The van der Waals surface area contributed by atoms with Crippen LogP contribution in [0.15, 0.2) is 72.9 Å². The average Bonchev–Trinajstić information content (AvgIpc) is 2.15. The number of hydrogen-bond acceptors (Lipinski definition) is 15. The quantitative estimate of drug-likeness (QED) is 0.0169. The summed E-state index contributed by atoms with van der Waals surface area (Å²) >= 11 is 0. The highest BCUT2D eigenvalue weighted by atomic mass is 31.2. The molecule has 0 spiro atoms. The Hall–Kier alpha value is -3.50. The van der Waals surface area contributed by atoms with E-state index in [1.54, 1.807) is 0 Å². The second-order valence-corrected chi connectivity index (χ2v) is 27.8. The van der Waals surface area contributed by atoms with E-state index >= 15 is 0 Å². The van der Waals surface area contributed by atoms with Crippen LogP contribution in [-0.2, 0) is 65.4 Å². The van der Waals surface area contributed by atoms with E-state index in [1.165, 1.54) is 70.6 Å². The molecule has 0 amide bonds. The van der Waals surface area contributed by atoms with Crippen molar-refractivity contribution < 1.29 is 80.2 Å². The van der Waals surface area contributed by atoms with Crippen molar-refractivity contribution in [3.05, 3.63) is 72.9 Å². The Balaban J connectivity index is 5.30. The third-order valence-corrected chi connectivity index (χ3v) is 17.5. The van der Waals surface area contributed by atoms with Gasteiger partial charge in [0.05, 0.1) is 26.4 Å². The summed E-state index contributed by atoms with van der Waals surface area (Å²) in [6, 6.07) is 0. The maximum Gasteiger partial charge on any atom is 0.472 e. The molecule has 3 N–H and O–H groups in total. The van der Waals surface area contributed by atoms with Crippen LogP contribution in [0.4, 0.5) is 0 Å². The van der Waals surface area contributed by atoms with Crippen molar-refractivity contribution in [2.24, 2.45) is 0 Å². The summed E-state index contributed by atoms with van der Waals surface area (Å²) in [7, 11) is -9.94. The minimum absolute atomic E-state index is 0.0783. The minimum atomic E-state index is -4.97. The van der Waals surface area contributed by atoms with Crippen molar-refractivity contribution in [2.75, 3.05) is 39.6 Å². The van der Waals surface area contributed by atoms with Crippen LogP contribution in [0.1, 0.15) is 323 Å². The molecular weight excluding hydrogens is 1230 g/mol. The van der Waals surface area contributed by atoms with Crippen LogP contribution in [0.5, 0.6) is 0 Å². The molecule has 0 heterocycles. The SMILES string of the molecule is CC/C=C\C/C=C\C/C=C\CCCCCCCCCC(=O)OCC(COP(=O)(O)OCC(O)COP(=O)(O)OCC(COC(=O)CCCCCCCCCCCCCCC)OC(=O)CCCCCCC/C=C\CCCC)OC(=O)CCCCCCC/C=C\C/C=C\CCC. The number of ether oxygens (including phenoxy) is 4. The maximum absolute atomic E-state index is 13.0. The Morgan fingerprint density at radius 2 is 0.585 bits per heavy atom. The first-order valence-electron chi connectivity index (χ1n) is 37.2. The van der Waals surface area contributed by atoms with Crippen molar-refractivity contribution in [1.82, 2.24) is 0 Å². The second kappa shape index (κ2) is 68.0. The highest BCUT2D eigenvalue weighted by molar-refractivity contribution is 7.47. The highest BCUT2D eigenvalue weighted by Crippen LogP contribution is 2.45. The van der Waals surface area contributed by atoms with Crippen molar-refractivity contribution in [2.45, 2.75) is 341 Å². The summed E-state index contributed by atoms with van der Waals surface area (Å²) < 4.78 is 68.3. The lowest BCUT2D eigenvalue weighted by Crippen LogP contribution is -2.30. The molecule has 0 aromatic rings. The monoisotopic (exact) mass is 1370 g/mol. The molecule has 0 aromatic heterocycles. The molecule has 0 aromatic carbocycles. The molecule has 0 saturated heterocycles. The smallest absolute Gasteiger partial charge is 0.462 e. The van der Waals surface area contributed by atoms with Gasteiger partial charge in [-0.1, -0.05) is 268 Å². The zero-order valence-electron chi connectivity index (χ0n) is 59.4. The molecule has 5 atom stereocenters. The Morgan fingerprint density at radius 1 is 0.309 bits per heavy atom. The molecule has 0 rings (SSSR count). The number of aliphatic hydroxyl groups is 1. The van der Waals surface area contributed by atoms with E-state index in [9.17, 15) is 43.2 Å². The van der Waals surface area contributed by atoms with E-state index in [0.717, 1.165) is 173 Å². The first-order chi connectivity index (χ1) is 45.7. The summed E-state index contributed by atoms with van der Waals surface area (Å²) in [5.74, 6) is -2.19. The zero-order valence-corrected chi connectivity index (χ0v) is 61.2. The van der Waals surface area contributed by atoms with Gasteiger partial charge in [-0.25, -0.2) is 9.13 Å². The number of phosphoric ester groups is 2. The number of esters is 4. The third-order valence-electron chi connectivity index (χ3n) is 15.6. The summed E-state index contributed by atoms with van der Waals surface area (Å²) in [6.45, 7) is 4.65. The van der Waals surface area contributed by atoms with Gasteiger partial charge in [-0.15, -0.1) is 0 Å². The van der Waals surface area contributed by atoms with Gasteiger partial charge in [-0.3, -0.25) is 37.3 Å². The van der Waals surface area contributed by atoms with E-state index in [0.29, 0.717) is 25.7 Å². The molecule has 546 valence electrons. The lowest BCUT2D eigenvalue weighted by Gasteiger charge is -2.21. The molecule has 0 aliphatic heterocycles. The van der Waals surface area contributed by atoms with E-state index in [4.69, 9.17) is 37.0 Å². The minimum Gasteiger partial charge on any atom is -0.462 e. The highest BCUT2D eigenvalue weighted by Gasteiger charge is 2.30. The number of rotatable bonds is 70. The molecule has 0 saturated carbocycles. The van der Waals surface area contributed by atoms with Crippen LogP contribution in [0.3, 0.4) is 0 Å². The lowest BCUT2D eigenvalue weighted by atomic mass is 10.0. The van der Waals surface area contributed by atoms with Crippen molar-refractivity contribution in [3.8, 4) is 0 Å². The van der Waals surface area contributed by atoms with Crippen LogP contribution in [0.2, 0.25) is 0 Å². The first-order valence-corrected chi connectivity index (χ1v) is 40.2. The lowest BCUT2D eigenvalue weighted by molar-refractivity contribution is -0.161. The average molecular weight is 1370 g/mol. The number of phosphoric acid groups is 2. The van der Waals surface area contributed by atoms with Gasteiger partial charge in [-0.05, 0) is 103 Å². The standard InChI is InChI=1S/C75H134O17P2/c1-5-9-13-17-21-25-29-32-33-34-35-38-41-44-48-52-56-60-73(78)86-66-71(92-75(80)62-58-54-50-46-42-37-31-27-23-19-15-11-7-3)68-90-94(83,84)88-64-69(76)63-87-93(81,82)89-67-70(91-74(79)61-57-53-49-45-39-28-24-20-16-12-8-4)65-85-72(77)59-55-51-47-43-40-36-30-26-22-18-14-10-6-2/h9,13,15,19-21,24-25,27,31-33,69-71,76H,5-8,10-12,14,16-18,22-23,26,28-30,34-68H2,1-4H3,(H,81,82)(H,83,84)/b13-9-,19-15-,24-20-,25-21-,31-27-,33-32-. The summed E-state index contributed by atoms with van der Waals surface area (Å²) in [5, 5.41) is 10.6. The van der Waals surface area contributed by atoms with Gasteiger partial charge in [0.15, 0.2) is 12.2 Å². The Labute approximate surface area is 571 Å². The summed E-state index contributed by atoms with van der Waals surface area (Å²) in [4.78, 5) is 72.7. The third kappa shape index (κ3) is 67.1.